The minimum absolute atomic E-state index is 0.263. The van der Waals surface area contributed by atoms with Crippen molar-refractivity contribution in [1.82, 2.24) is 10.5 Å². The van der Waals surface area contributed by atoms with Gasteiger partial charge in [-0.05, 0) is 19.1 Å². The molecule has 6 nitrogen and oxygen atoms in total. The zero-order chi connectivity index (χ0) is 13.8. The van der Waals surface area contributed by atoms with Gasteiger partial charge in [-0.25, -0.2) is 4.79 Å². The molecular weight excluding hydrogens is 268 g/mol. The Bertz CT molecular complexity index is 602. The molecule has 2 aromatic heterocycles. The number of ether oxygens (including phenoxy) is 1. The van der Waals surface area contributed by atoms with Crippen molar-refractivity contribution in [2.24, 2.45) is 0 Å². The van der Waals surface area contributed by atoms with Crippen LogP contribution in [0.25, 0.3) is 0 Å². The molecule has 0 aromatic carbocycles. The van der Waals surface area contributed by atoms with E-state index in [2.05, 4.69) is 15.2 Å². The second-order valence-corrected chi connectivity index (χ2v) is 4.85. The molecule has 2 aromatic rings. The van der Waals surface area contributed by atoms with Gasteiger partial charge in [0.15, 0.2) is 0 Å². The number of rotatable bonds is 4. The number of nitrogens with one attached hydrogen (secondary N) is 1. The molecule has 0 aliphatic carbocycles. The summed E-state index contributed by atoms with van der Waals surface area (Å²) in [6.07, 6.45) is 0. The highest BCUT2D eigenvalue weighted by atomic mass is 32.1. The number of aryl methyl sites for hydroxylation is 1. The van der Waals surface area contributed by atoms with E-state index in [4.69, 9.17) is 4.52 Å². The summed E-state index contributed by atoms with van der Waals surface area (Å²) in [7, 11) is 1.30. The third kappa shape index (κ3) is 3.19. The summed E-state index contributed by atoms with van der Waals surface area (Å²) in [5.41, 5.74) is 0.649. The fraction of sp³-hybridized carbons (Fsp3) is 0.250. The number of aromatic nitrogens is 1. The first-order valence-corrected chi connectivity index (χ1v) is 6.30. The van der Waals surface area contributed by atoms with Gasteiger partial charge in [0, 0.05) is 6.07 Å². The van der Waals surface area contributed by atoms with Crippen LogP contribution in [0, 0.1) is 6.92 Å². The summed E-state index contributed by atoms with van der Waals surface area (Å²) in [6, 6.07) is 4.89. The predicted molar refractivity (Wildman–Crippen MR) is 68.1 cm³/mol. The summed E-state index contributed by atoms with van der Waals surface area (Å²) >= 11 is 1.08. The van der Waals surface area contributed by atoms with E-state index in [-0.39, 0.29) is 12.5 Å². The lowest BCUT2D eigenvalue weighted by Gasteiger charge is -1.99. The zero-order valence-electron chi connectivity index (χ0n) is 10.4. The van der Waals surface area contributed by atoms with Gasteiger partial charge in [0.25, 0.3) is 5.91 Å². The lowest BCUT2D eigenvalue weighted by molar-refractivity contribution is 0.0606. The fourth-order valence-electron chi connectivity index (χ4n) is 1.43. The largest absolute Gasteiger partial charge is 0.465 e. The standard InChI is InChI=1S/C12H12N2O4S/c1-7-5-8(14-18-7)6-13-11(15)9-3-4-10(19-9)12(16)17-2/h3-5H,6H2,1-2H3,(H,13,15). The number of nitrogens with zero attached hydrogens (tertiary/aromatic N) is 1. The molecule has 0 radical (unpaired) electrons. The average Bonchev–Trinajstić information content (AvgIpc) is 3.04. The molecule has 0 bridgehead atoms. The Morgan fingerprint density at radius 2 is 2.16 bits per heavy atom. The summed E-state index contributed by atoms with van der Waals surface area (Å²) in [5, 5.41) is 6.46. The quantitative estimate of drug-likeness (QED) is 0.863. The zero-order valence-corrected chi connectivity index (χ0v) is 11.2. The molecule has 0 spiro atoms. The van der Waals surface area contributed by atoms with Crippen LogP contribution in [0.1, 0.15) is 30.8 Å². The number of hydrogen-bond donors (Lipinski definition) is 1. The van der Waals surface area contributed by atoms with Crippen molar-refractivity contribution in [3.8, 4) is 0 Å². The molecule has 100 valence electrons. The van der Waals surface area contributed by atoms with Crippen LogP contribution in [-0.2, 0) is 11.3 Å². The van der Waals surface area contributed by atoms with E-state index >= 15 is 0 Å². The Labute approximate surface area is 113 Å². The second kappa shape index (κ2) is 5.66. The van der Waals surface area contributed by atoms with E-state index in [1.54, 1.807) is 25.1 Å². The summed E-state index contributed by atoms with van der Waals surface area (Å²) in [5.74, 6) is -0.0228. The highest BCUT2D eigenvalue weighted by Crippen LogP contribution is 2.17. The van der Waals surface area contributed by atoms with Gasteiger partial charge >= 0.3 is 5.97 Å². The molecule has 0 saturated heterocycles. The smallest absolute Gasteiger partial charge is 0.348 e. The highest BCUT2D eigenvalue weighted by molar-refractivity contribution is 7.15. The van der Waals surface area contributed by atoms with Crippen LogP contribution in [0.4, 0.5) is 0 Å². The molecule has 19 heavy (non-hydrogen) atoms. The maximum absolute atomic E-state index is 11.8. The lowest BCUT2D eigenvalue weighted by Crippen LogP contribution is -2.21. The fourth-order valence-corrected chi connectivity index (χ4v) is 2.27. The van der Waals surface area contributed by atoms with Crippen LogP contribution < -0.4 is 5.32 Å². The first kappa shape index (κ1) is 13.3. The van der Waals surface area contributed by atoms with E-state index in [1.165, 1.54) is 7.11 Å². The first-order chi connectivity index (χ1) is 9.10. The lowest BCUT2D eigenvalue weighted by atomic mass is 10.3. The van der Waals surface area contributed by atoms with Gasteiger partial charge in [0.05, 0.1) is 18.5 Å². The summed E-state index contributed by atoms with van der Waals surface area (Å²) < 4.78 is 9.47. The van der Waals surface area contributed by atoms with E-state index in [0.29, 0.717) is 21.2 Å². The predicted octanol–water partition coefficient (Wildman–Crippen LogP) is 1.76. The molecule has 0 unspecified atom stereocenters. The number of methoxy groups -OCH3 is 1. The Hall–Kier alpha value is -2.15. The molecule has 0 aliphatic heterocycles. The van der Waals surface area contributed by atoms with E-state index in [1.807, 2.05) is 0 Å². The van der Waals surface area contributed by atoms with Crippen LogP contribution in [0.5, 0.6) is 0 Å². The first-order valence-electron chi connectivity index (χ1n) is 5.48. The van der Waals surface area contributed by atoms with E-state index in [0.717, 1.165) is 11.3 Å². The van der Waals surface area contributed by atoms with Crippen molar-refractivity contribution in [3.05, 3.63) is 39.4 Å². The van der Waals surface area contributed by atoms with Crippen molar-refractivity contribution in [3.63, 3.8) is 0 Å². The van der Waals surface area contributed by atoms with Gasteiger partial charge in [-0.1, -0.05) is 5.16 Å². The van der Waals surface area contributed by atoms with Crippen molar-refractivity contribution in [2.75, 3.05) is 7.11 Å². The number of thiophene rings is 1. The number of amides is 1. The van der Waals surface area contributed by atoms with Gasteiger partial charge < -0.3 is 14.6 Å². The van der Waals surface area contributed by atoms with Crippen LogP contribution in [0.2, 0.25) is 0 Å². The maximum atomic E-state index is 11.8. The minimum Gasteiger partial charge on any atom is -0.465 e. The Kier molecular flexibility index (Phi) is 3.96. The van der Waals surface area contributed by atoms with Crippen LogP contribution in [0.15, 0.2) is 22.7 Å². The third-order valence-corrected chi connectivity index (χ3v) is 3.39. The minimum atomic E-state index is -0.448. The topological polar surface area (TPSA) is 81.4 Å². The van der Waals surface area contributed by atoms with Gasteiger partial charge in [-0.3, -0.25) is 4.79 Å². The van der Waals surface area contributed by atoms with Crippen LogP contribution in [0.3, 0.4) is 0 Å². The average molecular weight is 280 g/mol. The molecular formula is C12H12N2O4S. The SMILES string of the molecule is COC(=O)c1ccc(C(=O)NCc2cc(C)on2)s1. The molecule has 0 atom stereocenters. The molecule has 1 N–H and O–H groups in total. The van der Waals surface area contributed by atoms with E-state index < -0.39 is 5.97 Å². The number of carbonyl (C=O) groups is 2. The highest BCUT2D eigenvalue weighted by Gasteiger charge is 2.14. The van der Waals surface area contributed by atoms with Gasteiger partial charge in [-0.15, -0.1) is 11.3 Å². The monoisotopic (exact) mass is 280 g/mol. The molecule has 0 fully saturated rings. The van der Waals surface area contributed by atoms with Crippen molar-refractivity contribution >= 4 is 23.2 Å². The molecule has 7 heteroatoms. The third-order valence-electron chi connectivity index (χ3n) is 2.32. The molecule has 2 rings (SSSR count). The molecule has 1 amide bonds. The van der Waals surface area contributed by atoms with Crippen LogP contribution in [-0.4, -0.2) is 24.1 Å². The summed E-state index contributed by atoms with van der Waals surface area (Å²) in [4.78, 5) is 23.9. The molecule has 0 saturated carbocycles. The second-order valence-electron chi connectivity index (χ2n) is 3.77. The van der Waals surface area contributed by atoms with Crippen molar-refractivity contribution in [2.45, 2.75) is 13.5 Å². The Balaban J connectivity index is 1.96. The number of hydrogen-bond acceptors (Lipinski definition) is 6. The summed E-state index contributed by atoms with van der Waals surface area (Å²) in [6.45, 7) is 2.06. The van der Waals surface area contributed by atoms with Crippen molar-refractivity contribution < 1.29 is 18.8 Å². The molecule has 0 aliphatic rings. The van der Waals surface area contributed by atoms with Gasteiger partial charge in [0.1, 0.15) is 16.3 Å². The van der Waals surface area contributed by atoms with Crippen LogP contribution >= 0.6 is 11.3 Å². The number of esters is 1. The van der Waals surface area contributed by atoms with Gasteiger partial charge in [0.2, 0.25) is 0 Å². The van der Waals surface area contributed by atoms with Crippen molar-refractivity contribution in [1.29, 1.82) is 0 Å². The maximum Gasteiger partial charge on any atom is 0.348 e. The van der Waals surface area contributed by atoms with E-state index in [9.17, 15) is 9.59 Å². The Morgan fingerprint density at radius 3 is 2.79 bits per heavy atom. The molecule has 2 heterocycles. The number of carbonyl (C=O) groups excluding carboxylic acids is 2. The van der Waals surface area contributed by atoms with Gasteiger partial charge in [-0.2, -0.15) is 0 Å². The normalized spacial score (nSPS) is 10.2. The Morgan fingerprint density at radius 1 is 1.42 bits per heavy atom.